The van der Waals surface area contributed by atoms with Gasteiger partial charge in [-0.05, 0) is 42.7 Å². The van der Waals surface area contributed by atoms with Crippen molar-refractivity contribution in [3.8, 4) is 5.75 Å². The fraction of sp³-hybridized carbons (Fsp3) is 0.357. The van der Waals surface area contributed by atoms with Crippen molar-refractivity contribution in [3.63, 3.8) is 0 Å². The normalized spacial score (nSPS) is 11.8. The smallest absolute Gasteiger partial charge is 0.433 e. The van der Waals surface area contributed by atoms with Crippen LogP contribution in [0.25, 0.3) is 10.9 Å². The monoisotopic (exact) mass is 285 g/mol. The van der Waals surface area contributed by atoms with Gasteiger partial charge >= 0.3 is 6.18 Å². The number of rotatable bonds is 4. The summed E-state index contributed by atoms with van der Waals surface area (Å²) >= 11 is 0. The van der Waals surface area contributed by atoms with Gasteiger partial charge in [0.15, 0.2) is 0 Å². The van der Waals surface area contributed by atoms with Gasteiger partial charge in [0.1, 0.15) is 11.4 Å². The molecule has 6 heteroatoms. The van der Waals surface area contributed by atoms with Crippen LogP contribution in [-0.4, -0.2) is 23.8 Å². The molecule has 2 aromatic rings. The van der Waals surface area contributed by atoms with Gasteiger partial charge in [-0.3, -0.25) is 0 Å². The molecule has 1 aromatic carbocycles. The summed E-state index contributed by atoms with van der Waals surface area (Å²) in [7, 11) is 1.49. The Hall–Kier alpha value is -1.82. The van der Waals surface area contributed by atoms with Crippen LogP contribution in [-0.2, 0) is 12.6 Å². The SMILES string of the molecule is COc1ccc2nc(C(F)(F)F)c(CCCO)cc2c1. The number of methoxy groups -OCH3 is 1. The Morgan fingerprint density at radius 2 is 2.00 bits per heavy atom. The molecule has 0 aliphatic rings. The van der Waals surface area contributed by atoms with Crippen molar-refractivity contribution < 1.29 is 23.0 Å². The highest BCUT2D eigenvalue weighted by Crippen LogP contribution is 2.33. The molecule has 0 aliphatic carbocycles. The zero-order valence-corrected chi connectivity index (χ0v) is 10.9. The fourth-order valence-corrected chi connectivity index (χ4v) is 2.03. The largest absolute Gasteiger partial charge is 0.497 e. The lowest BCUT2D eigenvalue weighted by molar-refractivity contribution is -0.141. The molecule has 0 fully saturated rings. The van der Waals surface area contributed by atoms with E-state index < -0.39 is 11.9 Å². The summed E-state index contributed by atoms with van der Waals surface area (Å²) in [4.78, 5) is 3.71. The molecule has 0 saturated heterocycles. The predicted octanol–water partition coefficient (Wildman–Crippen LogP) is 3.19. The summed E-state index contributed by atoms with van der Waals surface area (Å²) in [6.45, 7) is -0.159. The highest BCUT2D eigenvalue weighted by atomic mass is 19.4. The number of fused-ring (bicyclic) bond motifs is 1. The van der Waals surface area contributed by atoms with Crippen LogP contribution >= 0.6 is 0 Å². The number of nitrogens with zero attached hydrogens (tertiary/aromatic N) is 1. The van der Waals surface area contributed by atoms with Gasteiger partial charge in [-0.2, -0.15) is 13.2 Å². The van der Waals surface area contributed by atoms with Gasteiger partial charge in [0.05, 0.1) is 12.6 Å². The zero-order chi connectivity index (χ0) is 14.8. The molecule has 0 aliphatic heterocycles. The van der Waals surface area contributed by atoms with Crippen molar-refractivity contribution in [2.24, 2.45) is 0 Å². The first-order chi connectivity index (χ1) is 9.45. The van der Waals surface area contributed by atoms with Crippen molar-refractivity contribution in [3.05, 3.63) is 35.5 Å². The molecular formula is C14H14F3NO2. The van der Waals surface area contributed by atoms with Crippen LogP contribution < -0.4 is 4.74 Å². The van der Waals surface area contributed by atoms with E-state index in [4.69, 9.17) is 9.84 Å². The highest BCUT2D eigenvalue weighted by molar-refractivity contribution is 5.81. The minimum atomic E-state index is -4.50. The number of hydrogen-bond donors (Lipinski definition) is 1. The van der Waals surface area contributed by atoms with Gasteiger partial charge in [0.2, 0.25) is 0 Å². The molecule has 1 heterocycles. The number of aliphatic hydroxyl groups is 1. The van der Waals surface area contributed by atoms with Crippen LogP contribution in [0, 0.1) is 0 Å². The van der Waals surface area contributed by atoms with Crippen molar-refractivity contribution in [2.45, 2.75) is 19.0 Å². The van der Waals surface area contributed by atoms with E-state index in [1.165, 1.54) is 19.2 Å². The van der Waals surface area contributed by atoms with Gasteiger partial charge in [-0.1, -0.05) is 0 Å². The van der Waals surface area contributed by atoms with Crippen molar-refractivity contribution >= 4 is 10.9 Å². The Bertz CT molecular complexity index is 611. The molecule has 1 N–H and O–H groups in total. The van der Waals surface area contributed by atoms with E-state index in [1.807, 2.05) is 0 Å². The summed E-state index contributed by atoms with van der Waals surface area (Å²) < 4.78 is 44.0. The van der Waals surface area contributed by atoms with Crippen molar-refractivity contribution in [1.82, 2.24) is 4.98 Å². The molecular weight excluding hydrogens is 271 g/mol. The molecule has 1 aromatic heterocycles. The molecule has 0 atom stereocenters. The van der Waals surface area contributed by atoms with E-state index in [9.17, 15) is 13.2 Å². The van der Waals surface area contributed by atoms with E-state index in [0.29, 0.717) is 11.1 Å². The number of benzene rings is 1. The Morgan fingerprint density at radius 1 is 1.25 bits per heavy atom. The van der Waals surface area contributed by atoms with E-state index in [0.717, 1.165) is 0 Å². The summed E-state index contributed by atoms with van der Waals surface area (Å²) in [5.74, 6) is 0.562. The first-order valence-corrected chi connectivity index (χ1v) is 6.11. The molecule has 0 spiro atoms. The first-order valence-electron chi connectivity index (χ1n) is 6.11. The summed E-state index contributed by atoms with van der Waals surface area (Å²) in [6.07, 6.45) is -4.11. The first kappa shape index (κ1) is 14.6. The van der Waals surface area contributed by atoms with E-state index in [-0.39, 0.29) is 30.5 Å². The summed E-state index contributed by atoms with van der Waals surface area (Å²) in [5, 5.41) is 9.38. The molecule has 0 radical (unpaired) electrons. The number of pyridine rings is 1. The lowest BCUT2D eigenvalue weighted by Gasteiger charge is -2.13. The summed E-state index contributed by atoms with van der Waals surface area (Å²) in [6, 6.07) is 6.18. The Labute approximate surface area is 114 Å². The topological polar surface area (TPSA) is 42.4 Å². The van der Waals surface area contributed by atoms with Gasteiger partial charge < -0.3 is 9.84 Å². The standard InChI is InChI=1S/C14H14F3NO2/c1-20-11-4-5-12-10(8-11)7-9(3-2-6-19)13(18-12)14(15,16)17/h4-5,7-8,19H,2-3,6H2,1H3. The number of aliphatic hydroxyl groups excluding tert-OH is 1. The molecule has 108 valence electrons. The minimum absolute atomic E-state index is 0.0901. The average molecular weight is 285 g/mol. The quantitative estimate of drug-likeness (QED) is 0.938. The fourth-order valence-electron chi connectivity index (χ4n) is 2.03. The molecule has 3 nitrogen and oxygen atoms in total. The molecule has 0 saturated carbocycles. The number of alkyl halides is 3. The van der Waals surface area contributed by atoms with Gasteiger partial charge in [0.25, 0.3) is 0 Å². The number of halogens is 3. The molecule has 0 unspecified atom stereocenters. The Morgan fingerprint density at radius 3 is 2.60 bits per heavy atom. The maximum absolute atomic E-state index is 13.0. The maximum atomic E-state index is 13.0. The number of aryl methyl sites for hydroxylation is 1. The highest BCUT2D eigenvalue weighted by Gasteiger charge is 2.35. The van der Waals surface area contributed by atoms with E-state index in [1.54, 1.807) is 12.1 Å². The predicted molar refractivity (Wildman–Crippen MR) is 68.7 cm³/mol. The van der Waals surface area contributed by atoms with E-state index in [2.05, 4.69) is 4.98 Å². The number of aromatic nitrogens is 1. The van der Waals surface area contributed by atoms with Crippen LogP contribution in [0.4, 0.5) is 13.2 Å². The zero-order valence-electron chi connectivity index (χ0n) is 10.9. The number of ether oxygens (including phenoxy) is 1. The van der Waals surface area contributed by atoms with Gasteiger partial charge in [-0.15, -0.1) is 0 Å². The third kappa shape index (κ3) is 3.01. The Balaban J connectivity index is 2.58. The lowest BCUT2D eigenvalue weighted by atomic mass is 10.0. The Kier molecular flexibility index (Phi) is 4.13. The lowest BCUT2D eigenvalue weighted by Crippen LogP contribution is -2.12. The van der Waals surface area contributed by atoms with Crippen LogP contribution in [0.15, 0.2) is 24.3 Å². The average Bonchev–Trinajstić information content (AvgIpc) is 2.42. The second-order valence-corrected chi connectivity index (χ2v) is 4.38. The van der Waals surface area contributed by atoms with Gasteiger partial charge in [-0.25, -0.2) is 4.98 Å². The van der Waals surface area contributed by atoms with Crippen molar-refractivity contribution in [2.75, 3.05) is 13.7 Å². The van der Waals surface area contributed by atoms with Crippen LogP contribution in [0.3, 0.4) is 0 Å². The van der Waals surface area contributed by atoms with Crippen LogP contribution in [0.1, 0.15) is 17.7 Å². The van der Waals surface area contributed by atoms with Gasteiger partial charge in [0, 0.05) is 12.0 Å². The third-order valence-electron chi connectivity index (χ3n) is 2.97. The minimum Gasteiger partial charge on any atom is -0.497 e. The van der Waals surface area contributed by atoms with Crippen molar-refractivity contribution in [1.29, 1.82) is 0 Å². The molecule has 20 heavy (non-hydrogen) atoms. The molecule has 0 bridgehead atoms. The van der Waals surface area contributed by atoms with Crippen LogP contribution in [0.5, 0.6) is 5.75 Å². The second kappa shape index (κ2) is 5.66. The second-order valence-electron chi connectivity index (χ2n) is 4.38. The molecule has 0 amide bonds. The maximum Gasteiger partial charge on any atom is 0.433 e. The third-order valence-corrected chi connectivity index (χ3v) is 2.97. The molecule has 2 rings (SSSR count). The number of hydrogen-bond acceptors (Lipinski definition) is 3. The van der Waals surface area contributed by atoms with Crippen LogP contribution in [0.2, 0.25) is 0 Å². The summed E-state index contributed by atoms with van der Waals surface area (Å²) in [5.41, 5.74) is -0.526. The van der Waals surface area contributed by atoms with E-state index >= 15 is 0 Å².